The molecule has 0 radical (unpaired) electrons. The van der Waals surface area contributed by atoms with E-state index >= 15 is 0 Å². The second-order valence-corrected chi connectivity index (χ2v) is 7.68. The third-order valence-corrected chi connectivity index (χ3v) is 5.48. The monoisotopic (exact) mass is 408 g/mol. The number of aromatic nitrogens is 1. The van der Waals surface area contributed by atoms with Gasteiger partial charge in [-0.15, -0.1) is 0 Å². The second-order valence-electron chi connectivity index (χ2n) is 7.68. The Hall–Kier alpha value is -3.15. The molecule has 1 unspecified atom stereocenters. The Morgan fingerprint density at radius 1 is 1.23 bits per heavy atom. The molecule has 0 spiro atoms. The number of ether oxygens (including phenoxy) is 1. The zero-order valence-electron chi connectivity index (χ0n) is 17.0. The molecule has 1 saturated heterocycles. The fourth-order valence-corrected chi connectivity index (χ4v) is 3.87. The molecule has 1 aliphatic heterocycles. The number of methoxy groups -OCH3 is 1. The number of hydrogen-bond donors (Lipinski definition) is 0. The fourth-order valence-electron chi connectivity index (χ4n) is 3.87. The van der Waals surface area contributed by atoms with Crippen LogP contribution in [0.25, 0.3) is 0 Å². The third kappa shape index (κ3) is 4.87. The number of rotatable bonds is 6. The van der Waals surface area contributed by atoms with Crippen LogP contribution in [0, 0.1) is 5.82 Å². The normalized spacial score (nSPS) is 16.5. The summed E-state index contributed by atoms with van der Waals surface area (Å²) >= 11 is 0. The number of carbonyl (C=O) groups excluding carboxylic acids is 1. The van der Waals surface area contributed by atoms with Crippen molar-refractivity contribution < 1.29 is 18.3 Å². The lowest BCUT2D eigenvalue weighted by molar-refractivity contribution is -0.131. The molecule has 3 aromatic rings. The molecule has 0 bridgehead atoms. The van der Waals surface area contributed by atoms with Gasteiger partial charge in [-0.05, 0) is 48.2 Å². The third-order valence-electron chi connectivity index (χ3n) is 5.48. The van der Waals surface area contributed by atoms with Gasteiger partial charge in [0.15, 0.2) is 5.89 Å². The smallest absolute Gasteiger partial charge is 0.227 e. The van der Waals surface area contributed by atoms with Gasteiger partial charge in [0.2, 0.25) is 5.91 Å². The van der Waals surface area contributed by atoms with E-state index in [1.807, 2.05) is 29.2 Å². The number of amides is 1. The van der Waals surface area contributed by atoms with Crippen LogP contribution < -0.4 is 4.74 Å². The molecule has 4 rings (SSSR count). The van der Waals surface area contributed by atoms with E-state index in [9.17, 15) is 9.18 Å². The number of hydrogen-bond acceptors (Lipinski definition) is 4. The van der Waals surface area contributed by atoms with Gasteiger partial charge in [-0.3, -0.25) is 4.79 Å². The Morgan fingerprint density at radius 3 is 2.87 bits per heavy atom. The van der Waals surface area contributed by atoms with Gasteiger partial charge in [-0.2, -0.15) is 0 Å². The Morgan fingerprint density at radius 2 is 2.07 bits per heavy atom. The van der Waals surface area contributed by atoms with E-state index in [-0.39, 0.29) is 17.6 Å². The van der Waals surface area contributed by atoms with Crippen LogP contribution in [-0.4, -0.2) is 36.0 Å². The number of likely N-dealkylation sites (tertiary alicyclic amines) is 1. The summed E-state index contributed by atoms with van der Waals surface area (Å²) < 4.78 is 24.3. The van der Waals surface area contributed by atoms with Crippen molar-refractivity contribution in [1.29, 1.82) is 0 Å². The molecular weight excluding hydrogens is 383 g/mol. The van der Waals surface area contributed by atoms with Crippen LogP contribution in [0.5, 0.6) is 5.75 Å². The van der Waals surface area contributed by atoms with Gasteiger partial charge in [0.25, 0.3) is 0 Å². The van der Waals surface area contributed by atoms with E-state index in [2.05, 4.69) is 4.98 Å². The van der Waals surface area contributed by atoms with E-state index in [1.165, 1.54) is 12.1 Å². The van der Waals surface area contributed by atoms with Crippen LogP contribution >= 0.6 is 0 Å². The van der Waals surface area contributed by atoms with Crippen LogP contribution in [0.2, 0.25) is 0 Å². The molecule has 0 saturated carbocycles. The van der Waals surface area contributed by atoms with E-state index in [1.54, 1.807) is 25.4 Å². The lowest BCUT2D eigenvalue weighted by Gasteiger charge is -2.31. The lowest BCUT2D eigenvalue weighted by Crippen LogP contribution is -2.40. The van der Waals surface area contributed by atoms with Crippen molar-refractivity contribution in [2.45, 2.75) is 31.6 Å². The standard InChI is InChI=1S/C24H25FN2O3/c1-29-21-6-2-4-18(13-21)14-23(28)27-11-3-5-19(16-27)24-26-15-22(30-24)12-17-7-9-20(25)10-8-17/h2,4,6-10,13,15,19H,3,5,11-12,14,16H2,1H3. The summed E-state index contributed by atoms with van der Waals surface area (Å²) in [6.45, 7) is 1.36. The average Bonchev–Trinajstić information content (AvgIpc) is 3.24. The van der Waals surface area contributed by atoms with Crippen LogP contribution in [0.1, 0.15) is 41.5 Å². The maximum atomic E-state index is 13.1. The van der Waals surface area contributed by atoms with Crippen LogP contribution in [-0.2, 0) is 17.6 Å². The maximum absolute atomic E-state index is 13.1. The van der Waals surface area contributed by atoms with Crippen molar-refractivity contribution >= 4 is 5.91 Å². The van der Waals surface area contributed by atoms with E-state index in [4.69, 9.17) is 9.15 Å². The summed E-state index contributed by atoms with van der Waals surface area (Å²) in [4.78, 5) is 19.2. The molecule has 1 atom stereocenters. The van der Waals surface area contributed by atoms with Gasteiger partial charge in [0.1, 0.15) is 17.3 Å². The summed E-state index contributed by atoms with van der Waals surface area (Å²) in [6, 6.07) is 14.0. The van der Waals surface area contributed by atoms with E-state index < -0.39 is 0 Å². The topological polar surface area (TPSA) is 55.6 Å². The molecule has 1 aliphatic rings. The molecule has 30 heavy (non-hydrogen) atoms. The highest BCUT2D eigenvalue weighted by atomic mass is 19.1. The number of halogens is 1. The van der Waals surface area contributed by atoms with Gasteiger partial charge in [0, 0.05) is 19.5 Å². The van der Waals surface area contributed by atoms with Crippen molar-refractivity contribution in [3.05, 3.63) is 83.3 Å². The molecule has 0 aliphatic carbocycles. The summed E-state index contributed by atoms with van der Waals surface area (Å²) in [6.07, 6.45) is 4.52. The Bertz CT molecular complexity index is 1000. The van der Waals surface area contributed by atoms with Crippen molar-refractivity contribution in [3.63, 3.8) is 0 Å². The zero-order chi connectivity index (χ0) is 20.9. The number of nitrogens with zero attached hydrogens (tertiary/aromatic N) is 2. The van der Waals surface area contributed by atoms with Gasteiger partial charge >= 0.3 is 0 Å². The summed E-state index contributed by atoms with van der Waals surface area (Å²) in [5.41, 5.74) is 1.91. The molecule has 0 N–H and O–H groups in total. The Labute approximate surface area is 175 Å². The highest BCUT2D eigenvalue weighted by Gasteiger charge is 2.28. The molecule has 5 nitrogen and oxygen atoms in total. The SMILES string of the molecule is COc1cccc(CC(=O)N2CCCC(c3ncc(Cc4ccc(F)cc4)o3)C2)c1. The summed E-state index contributed by atoms with van der Waals surface area (Å²) in [7, 11) is 1.62. The fraction of sp³-hybridized carbons (Fsp3) is 0.333. The van der Waals surface area contributed by atoms with Gasteiger partial charge in [-0.25, -0.2) is 9.37 Å². The van der Waals surface area contributed by atoms with Crippen molar-refractivity contribution in [3.8, 4) is 5.75 Å². The first kappa shape index (κ1) is 20.1. The Balaban J connectivity index is 1.38. The number of benzene rings is 2. The quantitative estimate of drug-likeness (QED) is 0.608. The van der Waals surface area contributed by atoms with Crippen LogP contribution in [0.15, 0.2) is 59.1 Å². The zero-order valence-corrected chi connectivity index (χ0v) is 17.0. The first-order valence-corrected chi connectivity index (χ1v) is 10.2. The average molecular weight is 408 g/mol. The minimum atomic E-state index is -0.252. The minimum Gasteiger partial charge on any atom is -0.497 e. The van der Waals surface area contributed by atoms with Crippen molar-refractivity contribution in [1.82, 2.24) is 9.88 Å². The first-order chi connectivity index (χ1) is 14.6. The van der Waals surface area contributed by atoms with Gasteiger partial charge in [-0.1, -0.05) is 24.3 Å². The predicted octanol–water partition coefficient (Wildman–Crippen LogP) is 4.36. The maximum Gasteiger partial charge on any atom is 0.227 e. The predicted molar refractivity (Wildman–Crippen MR) is 111 cm³/mol. The molecule has 1 fully saturated rings. The molecular formula is C24H25FN2O3. The summed E-state index contributed by atoms with van der Waals surface area (Å²) in [5.74, 6) is 2.12. The molecule has 2 heterocycles. The molecule has 1 aromatic heterocycles. The Kier molecular flexibility index (Phi) is 6.12. The highest BCUT2D eigenvalue weighted by molar-refractivity contribution is 5.79. The summed E-state index contributed by atoms with van der Waals surface area (Å²) in [5, 5.41) is 0. The lowest BCUT2D eigenvalue weighted by atomic mass is 9.97. The number of oxazole rings is 1. The van der Waals surface area contributed by atoms with Gasteiger partial charge in [0.05, 0.1) is 25.6 Å². The molecule has 1 amide bonds. The van der Waals surface area contributed by atoms with Crippen molar-refractivity contribution in [2.24, 2.45) is 0 Å². The van der Waals surface area contributed by atoms with Crippen LogP contribution in [0.4, 0.5) is 4.39 Å². The second kappa shape index (κ2) is 9.11. The first-order valence-electron chi connectivity index (χ1n) is 10.2. The highest BCUT2D eigenvalue weighted by Crippen LogP contribution is 2.28. The number of piperidine rings is 1. The van der Waals surface area contributed by atoms with E-state index in [0.29, 0.717) is 25.3 Å². The van der Waals surface area contributed by atoms with E-state index in [0.717, 1.165) is 42.0 Å². The molecule has 6 heteroatoms. The van der Waals surface area contributed by atoms with Crippen LogP contribution in [0.3, 0.4) is 0 Å². The number of carbonyl (C=O) groups is 1. The minimum absolute atomic E-state index is 0.0926. The molecule has 2 aromatic carbocycles. The van der Waals surface area contributed by atoms with Crippen molar-refractivity contribution in [2.75, 3.05) is 20.2 Å². The largest absolute Gasteiger partial charge is 0.497 e. The molecule has 156 valence electrons. The van der Waals surface area contributed by atoms with Gasteiger partial charge < -0.3 is 14.1 Å².